The van der Waals surface area contributed by atoms with E-state index < -0.39 is 0 Å². The van der Waals surface area contributed by atoms with Gasteiger partial charge in [0.2, 0.25) is 0 Å². The van der Waals surface area contributed by atoms with Crippen LogP contribution >= 0.6 is 0 Å². The summed E-state index contributed by atoms with van der Waals surface area (Å²) in [5, 5.41) is 11.4. The van der Waals surface area contributed by atoms with Crippen LogP contribution in [0.3, 0.4) is 0 Å². The fraction of sp³-hybridized carbons (Fsp3) is 0.250. The largest absolute Gasteiger partial charge is 0.364 e. The van der Waals surface area contributed by atoms with Crippen molar-refractivity contribution in [1.82, 2.24) is 29.9 Å². The van der Waals surface area contributed by atoms with Crippen LogP contribution in [0.25, 0.3) is 11.2 Å². The highest BCUT2D eigenvalue weighted by molar-refractivity contribution is 5.81. The van der Waals surface area contributed by atoms with Crippen molar-refractivity contribution in [2.24, 2.45) is 0 Å². The Hall–Kier alpha value is -2.57. The van der Waals surface area contributed by atoms with Crippen LogP contribution in [0.4, 0.5) is 5.82 Å². The van der Waals surface area contributed by atoms with Gasteiger partial charge < -0.3 is 5.32 Å². The first kappa shape index (κ1) is 11.5. The van der Waals surface area contributed by atoms with E-state index in [1.54, 1.807) is 10.9 Å². The van der Waals surface area contributed by atoms with E-state index in [9.17, 15) is 0 Å². The average Bonchev–Trinajstić information content (AvgIpc) is 2.90. The maximum absolute atomic E-state index is 4.21. The molecule has 0 bridgehead atoms. The number of aryl methyl sites for hydroxylation is 1. The smallest absolute Gasteiger partial charge is 0.183 e. The number of pyridine rings is 1. The molecule has 0 atom stereocenters. The first-order chi connectivity index (χ1) is 9.38. The number of aromatic nitrogens is 6. The van der Waals surface area contributed by atoms with Gasteiger partial charge in [-0.25, -0.2) is 14.6 Å². The van der Waals surface area contributed by atoms with Gasteiger partial charge in [-0.2, -0.15) is 0 Å². The van der Waals surface area contributed by atoms with Gasteiger partial charge in [0.05, 0.1) is 0 Å². The molecule has 0 fully saturated rings. The molecule has 0 aliphatic heterocycles. The van der Waals surface area contributed by atoms with Crippen LogP contribution in [-0.2, 0) is 13.1 Å². The summed E-state index contributed by atoms with van der Waals surface area (Å²) in [7, 11) is 0. The minimum Gasteiger partial charge on any atom is -0.364 e. The fourth-order valence-corrected chi connectivity index (χ4v) is 1.82. The molecule has 0 amide bonds. The lowest BCUT2D eigenvalue weighted by atomic mass is 10.3. The highest BCUT2D eigenvalue weighted by Gasteiger charge is 2.10. The molecule has 1 N–H and O–H groups in total. The first-order valence-corrected chi connectivity index (χ1v) is 6.05. The van der Waals surface area contributed by atoms with Gasteiger partial charge in [-0.15, -0.1) is 5.10 Å². The minimum atomic E-state index is 0.638. The fourth-order valence-electron chi connectivity index (χ4n) is 1.82. The number of nitrogens with one attached hydrogen (secondary N) is 1. The highest BCUT2D eigenvalue weighted by Crippen LogP contribution is 2.16. The van der Waals surface area contributed by atoms with Crippen LogP contribution in [0, 0.1) is 0 Å². The standard InChI is InChI=1S/C12H13N7/c1-2-19-12-10(17-18-19)11(15-8-16-12)14-7-9-4-3-5-13-6-9/h3-6,8H,2,7H2,1H3,(H,14,15,16). The second-order valence-corrected chi connectivity index (χ2v) is 4.01. The topological polar surface area (TPSA) is 81.4 Å². The van der Waals surface area contributed by atoms with Gasteiger partial charge in [0.25, 0.3) is 0 Å². The summed E-state index contributed by atoms with van der Waals surface area (Å²) in [5.41, 5.74) is 2.51. The molecule has 0 unspecified atom stereocenters. The third-order valence-corrected chi connectivity index (χ3v) is 2.78. The van der Waals surface area contributed by atoms with E-state index in [1.807, 2.05) is 25.3 Å². The van der Waals surface area contributed by atoms with Crippen molar-refractivity contribution in [3.05, 3.63) is 36.4 Å². The Bertz CT molecular complexity index is 677. The lowest BCUT2D eigenvalue weighted by molar-refractivity contribution is 0.641. The van der Waals surface area contributed by atoms with Crippen molar-refractivity contribution in [2.45, 2.75) is 20.0 Å². The predicted molar refractivity (Wildman–Crippen MR) is 70.4 cm³/mol. The minimum absolute atomic E-state index is 0.638. The second kappa shape index (κ2) is 4.97. The van der Waals surface area contributed by atoms with E-state index in [4.69, 9.17) is 0 Å². The molecule has 3 aromatic rings. The molecular formula is C12H13N7. The Labute approximate surface area is 109 Å². The van der Waals surface area contributed by atoms with Gasteiger partial charge in [-0.1, -0.05) is 11.3 Å². The monoisotopic (exact) mass is 255 g/mol. The third-order valence-electron chi connectivity index (χ3n) is 2.78. The summed E-state index contributed by atoms with van der Waals surface area (Å²) >= 11 is 0. The van der Waals surface area contributed by atoms with E-state index in [0.717, 1.165) is 17.8 Å². The normalized spacial score (nSPS) is 10.8. The average molecular weight is 255 g/mol. The molecule has 96 valence electrons. The van der Waals surface area contributed by atoms with Gasteiger partial charge in [0.15, 0.2) is 17.0 Å². The van der Waals surface area contributed by atoms with E-state index in [0.29, 0.717) is 17.9 Å². The Morgan fingerprint density at radius 2 is 2.26 bits per heavy atom. The van der Waals surface area contributed by atoms with Crippen molar-refractivity contribution in [1.29, 1.82) is 0 Å². The lowest BCUT2D eigenvalue weighted by Crippen LogP contribution is -2.03. The summed E-state index contributed by atoms with van der Waals surface area (Å²) in [4.78, 5) is 12.5. The van der Waals surface area contributed by atoms with E-state index >= 15 is 0 Å². The third kappa shape index (κ3) is 2.22. The molecular weight excluding hydrogens is 242 g/mol. The number of fused-ring (bicyclic) bond motifs is 1. The van der Waals surface area contributed by atoms with Crippen molar-refractivity contribution in [2.75, 3.05) is 5.32 Å². The first-order valence-electron chi connectivity index (χ1n) is 6.05. The van der Waals surface area contributed by atoms with Crippen molar-refractivity contribution >= 4 is 17.0 Å². The van der Waals surface area contributed by atoms with Crippen LogP contribution < -0.4 is 5.32 Å². The predicted octanol–water partition coefficient (Wildman–Crippen LogP) is 1.25. The van der Waals surface area contributed by atoms with Gasteiger partial charge in [-0.3, -0.25) is 4.98 Å². The lowest BCUT2D eigenvalue weighted by Gasteiger charge is -2.05. The Balaban J connectivity index is 1.87. The zero-order valence-electron chi connectivity index (χ0n) is 10.5. The molecule has 7 heteroatoms. The molecule has 0 saturated heterocycles. The Kier molecular flexibility index (Phi) is 3.01. The van der Waals surface area contributed by atoms with Crippen LogP contribution in [0.2, 0.25) is 0 Å². The molecule has 7 nitrogen and oxygen atoms in total. The van der Waals surface area contributed by atoms with Gasteiger partial charge in [0.1, 0.15) is 6.33 Å². The van der Waals surface area contributed by atoms with Crippen LogP contribution in [0.15, 0.2) is 30.9 Å². The highest BCUT2D eigenvalue weighted by atomic mass is 15.4. The summed E-state index contributed by atoms with van der Waals surface area (Å²) < 4.78 is 1.74. The van der Waals surface area contributed by atoms with Crippen LogP contribution in [-0.4, -0.2) is 29.9 Å². The molecule has 0 spiro atoms. The number of hydrogen-bond acceptors (Lipinski definition) is 6. The molecule has 19 heavy (non-hydrogen) atoms. The zero-order chi connectivity index (χ0) is 13.1. The summed E-state index contributed by atoms with van der Waals surface area (Å²) in [6.45, 7) is 3.37. The SMILES string of the molecule is CCn1nnc2c(NCc3cccnc3)ncnc21. The molecule has 3 rings (SSSR count). The van der Waals surface area contributed by atoms with E-state index in [1.165, 1.54) is 6.33 Å². The van der Waals surface area contributed by atoms with Crippen molar-refractivity contribution in [3.63, 3.8) is 0 Å². The molecule has 0 radical (unpaired) electrons. The maximum atomic E-state index is 4.21. The second-order valence-electron chi connectivity index (χ2n) is 4.01. The van der Waals surface area contributed by atoms with E-state index in [-0.39, 0.29) is 0 Å². The summed E-state index contributed by atoms with van der Waals surface area (Å²) in [6, 6.07) is 3.90. The van der Waals surface area contributed by atoms with Gasteiger partial charge in [-0.05, 0) is 18.6 Å². The number of anilines is 1. The van der Waals surface area contributed by atoms with Gasteiger partial charge in [0, 0.05) is 25.5 Å². The molecule has 0 aliphatic carbocycles. The molecule has 0 aromatic carbocycles. The maximum Gasteiger partial charge on any atom is 0.183 e. The quantitative estimate of drug-likeness (QED) is 0.755. The van der Waals surface area contributed by atoms with Gasteiger partial charge >= 0.3 is 0 Å². The molecule has 0 aliphatic rings. The van der Waals surface area contributed by atoms with Crippen LogP contribution in [0.5, 0.6) is 0 Å². The molecule has 3 aromatic heterocycles. The molecule has 3 heterocycles. The summed E-state index contributed by atoms with van der Waals surface area (Å²) in [6.07, 6.45) is 5.08. The Morgan fingerprint density at radius 1 is 1.32 bits per heavy atom. The van der Waals surface area contributed by atoms with Crippen molar-refractivity contribution < 1.29 is 0 Å². The number of hydrogen-bond donors (Lipinski definition) is 1. The van der Waals surface area contributed by atoms with Crippen LogP contribution in [0.1, 0.15) is 12.5 Å². The molecule has 0 saturated carbocycles. The van der Waals surface area contributed by atoms with E-state index in [2.05, 4.69) is 30.6 Å². The zero-order valence-corrected chi connectivity index (χ0v) is 10.5. The van der Waals surface area contributed by atoms with Crippen molar-refractivity contribution in [3.8, 4) is 0 Å². The number of rotatable bonds is 4. The summed E-state index contributed by atoms with van der Waals surface area (Å²) in [5.74, 6) is 0.688. The number of nitrogens with zero attached hydrogens (tertiary/aromatic N) is 6. The Morgan fingerprint density at radius 3 is 3.05 bits per heavy atom.